The van der Waals surface area contributed by atoms with Crippen LogP contribution in [0.5, 0.6) is 11.5 Å². The van der Waals surface area contributed by atoms with Crippen LogP contribution in [0.15, 0.2) is 69.9 Å². The van der Waals surface area contributed by atoms with Crippen LogP contribution < -0.4 is 15.1 Å². The highest BCUT2D eigenvalue weighted by Crippen LogP contribution is 2.35. The van der Waals surface area contributed by atoms with Gasteiger partial charge in [0.1, 0.15) is 23.7 Å². The summed E-state index contributed by atoms with van der Waals surface area (Å²) in [6.07, 6.45) is 3.06. The SMILES string of the molecule is COc1ccc2c(Cc3ccc(OCCN4CCCC4)cc3)c(-c3ccc(Cl)cc3Cl)c(=O)oc2c1. The Morgan fingerprint density at radius 2 is 1.69 bits per heavy atom. The largest absolute Gasteiger partial charge is 0.497 e. The average molecular weight is 524 g/mol. The summed E-state index contributed by atoms with van der Waals surface area (Å²) in [4.78, 5) is 15.7. The molecule has 5 rings (SSSR count). The molecule has 1 saturated heterocycles. The summed E-state index contributed by atoms with van der Waals surface area (Å²) >= 11 is 12.6. The Hall–Kier alpha value is -2.99. The standard InChI is InChI=1S/C29H27Cl2NO4/c1-34-22-9-11-23-25(16-19-4-7-21(8-5-19)35-15-14-32-12-2-3-13-32)28(29(33)36-27(23)18-22)24-10-6-20(30)17-26(24)31/h4-11,17-18H,2-3,12-16H2,1H3. The normalized spacial score (nSPS) is 13.9. The summed E-state index contributed by atoms with van der Waals surface area (Å²) in [6, 6.07) is 18.6. The maximum absolute atomic E-state index is 13.2. The fraction of sp³-hybridized carbons (Fsp3) is 0.276. The fourth-order valence-electron chi connectivity index (χ4n) is 4.73. The number of rotatable bonds is 8. The molecule has 4 aromatic rings. The van der Waals surface area contributed by atoms with Gasteiger partial charge in [0.05, 0.1) is 17.7 Å². The highest BCUT2D eigenvalue weighted by Gasteiger charge is 2.20. The second kappa shape index (κ2) is 11.0. The minimum absolute atomic E-state index is 0.394. The van der Waals surface area contributed by atoms with Crippen molar-refractivity contribution in [1.82, 2.24) is 4.90 Å². The van der Waals surface area contributed by atoms with E-state index in [2.05, 4.69) is 4.90 Å². The Balaban J connectivity index is 1.48. The Labute approximate surface area is 220 Å². The van der Waals surface area contributed by atoms with Crippen LogP contribution in [0.2, 0.25) is 10.0 Å². The molecule has 0 radical (unpaired) electrons. The third-order valence-corrected chi connectivity index (χ3v) is 7.15. The first kappa shape index (κ1) is 24.7. The molecule has 0 bridgehead atoms. The molecule has 0 aliphatic carbocycles. The maximum Gasteiger partial charge on any atom is 0.344 e. The van der Waals surface area contributed by atoms with Crippen molar-refractivity contribution in [2.45, 2.75) is 19.3 Å². The van der Waals surface area contributed by atoms with Crippen molar-refractivity contribution in [3.63, 3.8) is 0 Å². The summed E-state index contributed by atoms with van der Waals surface area (Å²) in [6.45, 7) is 3.94. The predicted molar refractivity (Wildman–Crippen MR) is 145 cm³/mol. The Kier molecular flexibility index (Phi) is 7.51. The van der Waals surface area contributed by atoms with E-state index >= 15 is 0 Å². The summed E-state index contributed by atoms with van der Waals surface area (Å²) in [5, 5.41) is 1.72. The molecule has 1 aliphatic heterocycles. The van der Waals surface area contributed by atoms with E-state index in [1.165, 1.54) is 12.8 Å². The first-order chi connectivity index (χ1) is 17.5. The molecule has 1 aromatic heterocycles. The molecule has 186 valence electrons. The lowest BCUT2D eigenvalue weighted by Gasteiger charge is -2.16. The van der Waals surface area contributed by atoms with Crippen molar-refractivity contribution in [3.8, 4) is 22.6 Å². The number of fused-ring (bicyclic) bond motifs is 1. The molecule has 2 heterocycles. The Bertz CT molecular complexity index is 1430. The van der Waals surface area contributed by atoms with Gasteiger partial charge >= 0.3 is 5.63 Å². The lowest BCUT2D eigenvalue weighted by molar-refractivity contribution is 0.238. The van der Waals surface area contributed by atoms with Gasteiger partial charge in [-0.1, -0.05) is 41.4 Å². The molecule has 1 fully saturated rings. The number of nitrogens with zero attached hydrogens (tertiary/aromatic N) is 1. The van der Waals surface area contributed by atoms with Crippen molar-refractivity contribution in [2.24, 2.45) is 0 Å². The predicted octanol–water partition coefficient (Wildman–Crippen LogP) is 6.84. The fourth-order valence-corrected chi connectivity index (χ4v) is 5.23. The van der Waals surface area contributed by atoms with Crippen LogP contribution >= 0.6 is 23.2 Å². The van der Waals surface area contributed by atoms with Gasteiger partial charge in [-0.3, -0.25) is 4.90 Å². The van der Waals surface area contributed by atoms with Gasteiger partial charge < -0.3 is 13.9 Å². The van der Waals surface area contributed by atoms with Gasteiger partial charge in [-0.05, 0) is 79.9 Å². The van der Waals surface area contributed by atoms with Gasteiger partial charge in [-0.15, -0.1) is 0 Å². The number of halogens is 2. The van der Waals surface area contributed by atoms with Gasteiger partial charge in [0.15, 0.2) is 0 Å². The van der Waals surface area contributed by atoms with Crippen LogP contribution in [0.25, 0.3) is 22.1 Å². The highest BCUT2D eigenvalue weighted by atomic mass is 35.5. The average Bonchev–Trinajstić information content (AvgIpc) is 3.39. The Morgan fingerprint density at radius 3 is 2.42 bits per heavy atom. The molecule has 7 heteroatoms. The van der Waals surface area contributed by atoms with Crippen LogP contribution in [0.3, 0.4) is 0 Å². The van der Waals surface area contributed by atoms with Crippen LogP contribution in [-0.4, -0.2) is 38.3 Å². The van der Waals surface area contributed by atoms with Crippen LogP contribution in [0.1, 0.15) is 24.0 Å². The molecule has 0 unspecified atom stereocenters. The second-order valence-corrected chi connectivity index (χ2v) is 9.79. The summed E-state index contributed by atoms with van der Waals surface area (Å²) < 4.78 is 17.0. The molecule has 3 aromatic carbocycles. The molecule has 1 aliphatic rings. The topological polar surface area (TPSA) is 51.9 Å². The smallest absolute Gasteiger partial charge is 0.344 e. The number of hydrogen-bond acceptors (Lipinski definition) is 5. The molecule has 5 nitrogen and oxygen atoms in total. The summed E-state index contributed by atoms with van der Waals surface area (Å²) in [5.74, 6) is 1.45. The van der Waals surface area contributed by atoms with E-state index < -0.39 is 5.63 Å². The number of benzene rings is 3. The molecule has 36 heavy (non-hydrogen) atoms. The van der Waals surface area contributed by atoms with E-state index in [-0.39, 0.29) is 0 Å². The highest BCUT2D eigenvalue weighted by molar-refractivity contribution is 6.36. The maximum atomic E-state index is 13.2. The van der Waals surface area contributed by atoms with Gasteiger partial charge in [0, 0.05) is 28.6 Å². The summed E-state index contributed by atoms with van der Waals surface area (Å²) in [5.41, 5.74) is 2.89. The van der Waals surface area contributed by atoms with E-state index in [4.69, 9.17) is 37.1 Å². The van der Waals surface area contributed by atoms with Crippen molar-refractivity contribution in [3.05, 3.63) is 92.3 Å². The number of ether oxygens (including phenoxy) is 2. The molecular weight excluding hydrogens is 497 g/mol. The monoisotopic (exact) mass is 523 g/mol. The molecule has 0 atom stereocenters. The van der Waals surface area contributed by atoms with E-state index in [1.807, 2.05) is 36.4 Å². The minimum Gasteiger partial charge on any atom is -0.497 e. The van der Waals surface area contributed by atoms with Crippen molar-refractivity contribution >= 4 is 34.2 Å². The molecule has 0 saturated carbocycles. The zero-order chi connectivity index (χ0) is 25.1. The lowest BCUT2D eigenvalue weighted by Crippen LogP contribution is -2.25. The lowest BCUT2D eigenvalue weighted by atomic mass is 9.93. The Morgan fingerprint density at radius 1 is 0.944 bits per heavy atom. The minimum atomic E-state index is -0.461. The third-order valence-electron chi connectivity index (χ3n) is 6.60. The first-order valence-electron chi connectivity index (χ1n) is 12.0. The van der Waals surface area contributed by atoms with Crippen molar-refractivity contribution < 1.29 is 13.9 Å². The summed E-state index contributed by atoms with van der Waals surface area (Å²) in [7, 11) is 1.58. The molecule has 0 spiro atoms. The van der Waals surface area contributed by atoms with Gasteiger partial charge in [-0.25, -0.2) is 4.79 Å². The van der Waals surface area contributed by atoms with E-state index in [9.17, 15) is 4.79 Å². The van der Waals surface area contributed by atoms with Crippen molar-refractivity contribution in [2.75, 3.05) is 33.4 Å². The quantitative estimate of drug-likeness (QED) is 0.236. The number of methoxy groups -OCH3 is 1. The van der Waals surface area contributed by atoms with Crippen LogP contribution in [-0.2, 0) is 6.42 Å². The third kappa shape index (κ3) is 5.39. The molecule has 0 N–H and O–H groups in total. The van der Waals surface area contributed by atoms with Gasteiger partial charge in [-0.2, -0.15) is 0 Å². The zero-order valence-electron chi connectivity index (χ0n) is 20.1. The van der Waals surface area contributed by atoms with E-state index in [1.54, 1.807) is 31.4 Å². The van der Waals surface area contributed by atoms with Gasteiger partial charge in [0.25, 0.3) is 0 Å². The zero-order valence-corrected chi connectivity index (χ0v) is 21.6. The van der Waals surface area contributed by atoms with E-state index in [0.29, 0.717) is 45.5 Å². The second-order valence-electron chi connectivity index (χ2n) is 8.95. The first-order valence-corrected chi connectivity index (χ1v) is 12.8. The van der Waals surface area contributed by atoms with Crippen LogP contribution in [0.4, 0.5) is 0 Å². The number of hydrogen-bond donors (Lipinski definition) is 0. The molecule has 0 amide bonds. The van der Waals surface area contributed by atoms with E-state index in [0.717, 1.165) is 41.9 Å². The van der Waals surface area contributed by atoms with Crippen molar-refractivity contribution in [1.29, 1.82) is 0 Å². The van der Waals surface area contributed by atoms with Gasteiger partial charge in [0.2, 0.25) is 0 Å². The van der Waals surface area contributed by atoms with Crippen LogP contribution in [0, 0.1) is 0 Å². The molecular formula is C29H27Cl2NO4. The number of likely N-dealkylation sites (tertiary alicyclic amines) is 1.